The summed E-state index contributed by atoms with van der Waals surface area (Å²) in [4.78, 5) is 35.8. The van der Waals surface area contributed by atoms with Crippen LogP contribution in [0.5, 0.6) is 0 Å². The lowest BCUT2D eigenvalue weighted by Crippen LogP contribution is -2.37. The molecule has 0 saturated carbocycles. The molecule has 0 aromatic carbocycles. The number of hydrogen-bond acceptors (Lipinski definition) is 4. The van der Waals surface area contributed by atoms with Crippen molar-refractivity contribution in [2.45, 2.75) is 26.3 Å². The summed E-state index contributed by atoms with van der Waals surface area (Å²) in [5.74, 6) is -1.15. The summed E-state index contributed by atoms with van der Waals surface area (Å²) in [6.45, 7) is 4.09. The number of nitrogens with one attached hydrogen (secondary N) is 1. The lowest BCUT2D eigenvalue weighted by molar-refractivity contribution is -0.141. The van der Waals surface area contributed by atoms with Gasteiger partial charge in [-0.1, -0.05) is 0 Å². The Labute approximate surface area is 100 Å². The summed E-state index contributed by atoms with van der Waals surface area (Å²) >= 11 is 0. The lowest BCUT2D eigenvalue weighted by atomic mass is 10.1. The third kappa shape index (κ3) is 3.44. The summed E-state index contributed by atoms with van der Waals surface area (Å²) in [5.41, 5.74) is 0. The molecule has 0 aromatic heterocycles. The third-order valence-corrected chi connectivity index (χ3v) is 2.79. The molecule has 1 aliphatic heterocycles. The molecule has 17 heavy (non-hydrogen) atoms. The summed E-state index contributed by atoms with van der Waals surface area (Å²) in [7, 11) is 1.26. The summed E-state index contributed by atoms with van der Waals surface area (Å²) < 4.78 is 4.41. The normalized spacial score (nSPS) is 19.6. The zero-order valence-electron chi connectivity index (χ0n) is 10.4. The first-order valence-electron chi connectivity index (χ1n) is 5.59. The molecule has 0 unspecified atom stereocenters. The maximum absolute atomic E-state index is 11.7. The van der Waals surface area contributed by atoms with Gasteiger partial charge in [-0.3, -0.25) is 14.4 Å². The largest absolute Gasteiger partial charge is 0.468 e. The molecule has 1 atom stereocenters. The minimum absolute atomic E-state index is 0.0155. The number of rotatable bonds is 4. The highest BCUT2D eigenvalue weighted by molar-refractivity contribution is 5.90. The van der Waals surface area contributed by atoms with Crippen molar-refractivity contribution in [2.24, 2.45) is 5.92 Å². The van der Waals surface area contributed by atoms with Crippen LogP contribution in [-0.2, 0) is 19.1 Å². The van der Waals surface area contributed by atoms with E-state index in [0.717, 1.165) is 0 Å². The van der Waals surface area contributed by atoms with Gasteiger partial charge in [0.25, 0.3) is 0 Å². The van der Waals surface area contributed by atoms with Crippen LogP contribution in [0.4, 0.5) is 0 Å². The molecule has 1 rings (SSSR count). The molecule has 0 aromatic rings. The minimum Gasteiger partial charge on any atom is -0.468 e. The molecule has 1 fully saturated rings. The molecule has 0 aliphatic carbocycles. The minimum atomic E-state index is -0.497. The van der Waals surface area contributed by atoms with E-state index < -0.39 is 5.97 Å². The quantitative estimate of drug-likeness (QED) is 0.676. The van der Waals surface area contributed by atoms with Gasteiger partial charge in [0.15, 0.2) is 0 Å². The van der Waals surface area contributed by atoms with Crippen LogP contribution in [0.15, 0.2) is 0 Å². The van der Waals surface area contributed by atoms with Crippen LogP contribution in [0.2, 0.25) is 0 Å². The van der Waals surface area contributed by atoms with Gasteiger partial charge < -0.3 is 15.0 Å². The Morgan fingerprint density at radius 2 is 2.18 bits per heavy atom. The number of nitrogens with zero attached hydrogens (tertiary/aromatic N) is 1. The van der Waals surface area contributed by atoms with Crippen LogP contribution in [0.1, 0.15) is 20.3 Å². The first kappa shape index (κ1) is 13.5. The fraction of sp³-hybridized carbons (Fsp3) is 0.727. The average Bonchev–Trinajstić information content (AvgIpc) is 2.67. The second-order valence-electron chi connectivity index (χ2n) is 4.33. The highest BCUT2D eigenvalue weighted by Gasteiger charge is 2.35. The summed E-state index contributed by atoms with van der Waals surface area (Å²) in [5, 5.41) is 2.46. The summed E-state index contributed by atoms with van der Waals surface area (Å²) in [6, 6.07) is 0.0981. The number of amides is 2. The van der Waals surface area contributed by atoms with Crippen molar-refractivity contribution in [1.82, 2.24) is 10.2 Å². The molecule has 6 nitrogen and oxygen atoms in total. The predicted molar refractivity (Wildman–Crippen MR) is 60.0 cm³/mol. The molecule has 0 spiro atoms. The molecule has 1 aliphatic rings. The maximum atomic E-state index is 11.7. The van der Waals surface area contributed by atoms with Crippen molar-refractivity contribution in [1.29, 1.82) is 0 Å². The van der Waals surface area contributed by atoms with E-state index in [4.69, 9.17) is 0 Å². The monoisotopic (exact) mass is 242 g/mol. The molecule has 1 saturated heterocycles. The number of likely N-dealkylation sites (tertiary alicyclic amines) is 1. The number of carbonyl (C=O) groups excluding carboxylic acids is 3. The van der Waals surface area contributed by atoms with E-state index in [9.17, 15) is 14.4 Å². The van der Waals surface area contributed by atoms with Gasteiger partial charge in [0.05, 0.1) is 13.0 Å². The van der Waals surface area contributed by atoms with E-state index in [1.54, 1.807) is 4.90 Å². The Morgan fingerprint density at radius 3 is 2.65 bits per heavy atom. The van der Waals surface area contributed by atoms with Crippen LogP contribution >= 0.6 is 0 Å². The van der Waals surface area contributed by atoms with E-state index in [1.165, 1.54) is 7.11 Å². The van der Waals surface area contributed by atoms with Crippen LogP contribution in [0.3, 0.4) is 0 Å². The van der Waals surface area contributed by atoms with Gasteiger partial charge in [0.1, 0.15) is 6.54 Å². The fourth-order valence-corrected chi connectivity index (χ4v) is 1.78. The van der Waals surface area contributed by atoms with E-state index in [0.29, 0.717) is 6.54 Å². The number of carbonyl (C=O) groups is 3. The van der Waals surface area contributed by atoms with Gasteiger partial charge in [-0.05, 0) is 13.8 Å². The smallest absolute Gasteiger partial charge is 0.325 e. The Kier molecular flexibility index (Phi) is 4.48. The summed E-state index contributed by atoms with van der Waals surface area (Å²) in [6.07, 6.45) is 0.213. The molecule has 0 bridgehead atoms. The molecular weight excluding hydrogens is 224 g/mol. The third-order valence-electron chi connectivity index (χ3n) is 2.79. The predicted octanol–water partition coefficient (Wildman–Crippen LogP) is -0.467. The highest BCUT2D eigenvalue weighted by Crippen LogP contribution is 2.19. The van der Waals surface area contributed by atoms with Gasteiger partial charge >= 0.3 is 5.97 Å². The Hall–Kier alpha value is -1.59. The Morgan fingerprint density at radius 1 is 1.53 bits per heavy atom. The second kappa shape index (κ2) is 5.65. The molecule has 6 heteroatoms. The van der Waals surface area contributed by atoms with E-state index in [1.807, 2.05) is 13.8 Å². The number of hydrogen-bond donors (Lipinski definition) is 1. The Balaban J connectivity index is 2.45. The molecule has 2 amide bonds. The number of methoxy groups -OCH3 is 1. The van der Waals surface area contributed by atoms with Crippen molar-refractivity contribution < 1.29 is 19.1 Å². The molecular formula is C11H18N2O4. The van der Waals surface area contributed by atoms with Crippen LogP contribution in [0, 0.1) is 5.92 Å². The van der Waals surface area contributed by atoms with Gasteiger partial charge in [-0.2, -0.15) is 0 Å². The van der Waals surface area contributed by atoms with Crippen molar-refractivity contribution in [2.75, 3.05) is 20.2 Å². The first-order valence-corrected chi connectivity index (χ1v) is 5.59. The highest BCUT2D eigenvalue weighted by atomic mass is 16.5. The van der Waals surface area contributed by atoms with Gasteiger partial charge in [-0.25, -0.2) is 0 Å². The fourth-order valence-electron chi connectivity index (χ4n) is 1.78. The van der Waals surface area contributed by atoms with Crippen molar-refractivity contribution in [3.8, 4) is 0 Å². The zero-order valence-corrected chi connectivity index (χ0v) is 10.4. The molecule has 96 valence electrons. The maximum Gasteiger partial charge on any atom is 0.325 e. The van der Waals surface area contributed by atoms with Crippen molar-refractivity contribution in [3.05, 3.63) is 0 Å². The van der Waals surface area contributed by atoms with E-state index in [2.05, 4.69) is 10.1 Å². The van der Waals surface area contributed by atoms with Gasteiger partial charge in [0.2, 0.25) is 11.8 Å². The van der Waals surface area contributed by atoms with Crippen LogP contribution < -0.4 is 5.32 Å². The molecule has 0 radical (unpaired) electrons. The topological polar surface area (TPSA) is 75.7 Å². The zero-order chi connectivity index (χ0) is 13.0. The number of ether oxygens (including phenoxy) is 1. The van der Waals surface area contributed by atoms with E-state index in [-0.39, 0.29) is 36.7 Å². The van der Waals surface area contributed by atoms with Crippen molar-refractivity contribution in [3.63, 3.8) is 0 Å². The average molecular weight is 242 g/mol. The SMILES string of the molecule is COC(=O)CNC(=O)[C@@H]1CC(=O)N(C(C)C)C1. The lowest BCUT2D eigenvalue weighted by Gasteiger charge is -2.20. The van der Waals surface area contributed by atoms with Crippen LogP contribution in [-0.4, -0.2) is 48.9 Å². The van der Waals surface area contributed by atoms with Crippen LogP contribution in [0.25, 0.3) is 0 Å². The molecule has 1 N–H and O–H groups in total. The van der Waals surface area contributed by atoms with E-state index >= 15 is 0 Å². The Bertz CT molecular complexity index is 327. The molecule has 1 heterocycles. The second-order valence-corrected chi connectivity index (χ2v) is 4.33. The van der Waals surface area contributed by atoms with Gasteiger partial charge in [-0.15, -0.1) is 0 Å². The number of esters is 1. The first-order chi connectivity index (χ1) is 7.95. The van der Waals surface area contributed by atoms with Gasteiger partial charge in [0, 0.05) is 19.0 Å². The standard InChI is InChI=1S/C11H18N2O4/c1-7(2)13-6-8(4-9(13)14)11(16)12-5-10(15)17-3/h7-8H,4-6H2,1-3H3,(H,12,16)/t8-/m1/s1. The van der Waals surface area contributed by atoms with Crippen molar-refractivity contribution >= 4 is 17.8 Å².